The van der Waals surface area contributed by atoms with E-state index in [9.17, 15) is 4.39 Å². The second-order valence-corrected chi connectivity index (χ2v) is 3.77. The van der Waals surface area contributed by atoms with Gasteiger partial charge in [-0.05, 0) is 28.7 Å². The number of aromatic nitrogens is 2. The standard InChI is InChI=1S/C8H6FIN2/c1-12-4-7(10)6-2-5(9)3-11-8(6)12/h2-4H,1H3. The Labute approximate surface area is 82.5 Å². The van der Waals surface area contributed by atoms with Crippen molar-refractivity contribution in [1.29, 1.82) is 0 Å². The Morgan fingerprint density at radius 2 is 2.33 bits per heavy atom. The molecule has 0 radical (unpaired) electrons. The van der Waals surface area contributed by atoms with E-state index >= 15 is 0 Å². The number of halogens is 2. The minimum atomic E-state index is -0.286. The van der Waals surface area contributed by atoms with Crippen LogP contribution in [-0.2, 0) is 7.05 Å². The molecule has 0 spiro atoms. The molecule has 0 atom stereocenters. The van der Waals surface area contributed by atoms with Crippen LogP contribution >= 0.6 is 22.6 Å². The van der Waals surface area contributed by atoms with Gasteiger partial charge < -0.3 is 4.57 Å². The van der Waals surface area contributed by atoms with Gasteiger partial charge in [0.05, 0.1) is 6.20 Å². The maximum Gasteiger partial charge on any atom is 0.142 e. The van der Waals surface area contributed by atoms with Crippen LogP contribution in [0, 0.1) is 9.39 Å². The fraction of sp³-hybridized carbons (Fsp3) is 0.125. The Bertz CT molecular complexity index is 436. The van der Waals surface area contributed by atoms with E-state index in [0.717, 1.165) is 14.6 Å². The summed E-state index contributed by atoms with van der Waals surface area (Å²) < 4.78 is 15.7. The van der Waals surface area contributed by atoms with Crippen LogP contribution in [0.2, 0.25) is 0 Å². The van der Waals surface area contributed by atoms with Crippen LogP contribution in [0.25, 0.3) is 11.0 Å². The molecule has 2 aromatic heterocycles. The number of fused-ring (bicyclic) bond motifs is 1. The zero-order valence-corrected chi connectivity index (χ0v) is 8.54. The molecule has 2 aromatic rings. The molecule has 0 saturated heterocycles. The number of nitrogens with zero attached hydrogens (tertiary/aromatic N) is 2. The highest BCUT2D eigenvalue weighted by Gasteiger charge is 2.05. The van der Waals surface area contributed by atoms with Gasteiger partial charge in [0.15, 0.2) is 0 Å². The van der Waals surface area contributed by atoms with Crippen LogP contribution in [0.1, 0.15) is 0 Å². The van der Waals surface area contributed by atoms with Crippen LogP contribution in [0.4, 0.5) is 4.39 Å². The minimum absolute atomic E-state index is 0.286. The smallest absolute Gasteiger partial charge is 0.142 e. The molecule has 4 heteroatoms. The third kappa shape index (κ3) is 1.10. The molecule has 0 fully saturated rings. The van der Waals surface area contributed by atoms with Crippen molar-refractivity contribution >= 4 is 33.6 Å². The molecule has 0 aliphatic rings. The Balaban J connectivity index is 2.90. The molecule has 62 valence electrons. The summed E-state index contributed by atoms with van der Waals surface area (Å²) in [5.41, 5.74) is 0.820. The second kappa shape index (κ2) is 2.69. The third-order valence-corrected chi connectivity index (χ3v) is 2.59. The van der Waals surface area contributed by atoms with Gasteiger partial charge in [-0.3, -0.25) is 0 Å². The highest BCUT2D eigenvalue weighted by atomic mass is 127. The van der Waals surface area contributed by atoms with E-state index < -0.39 is 0 Å². The average molecular weight is 276 g/mol. The van der Waals surface area contributed by atoms with Crippen molar-refractivity contribution in [3.63, 3.8) is 0 Å². The number of aryl methyl sites for hydroxylation is 1. The third-order valence-electron chi connectivity index (χ3n) is 1.73. The molecule has 2 rings (SSSR count). The quantitative estimate of drug-likeness (QED) is 0.675. The fourth-order valence-corrected chi connectivity index (χ4v) is 2.00. The van der Waals surface area contributed by atoms with E-state index in [0.29, 0.717) is 0 Å². The summed E-state index contributed by atoms with van der Waals surface area (Å²) in [7, 11) is 1.90. The first kappa shape index (κ1) is 7.97. The second-order valence-electron chi connectivity index (χ2n) is 2.61. The Morgan fingerprint density at radius 1 is 1.58 bits per heavy atom. The van der Waals surface area contributed by atoms with Crippen molar-refractivity contribution in [1.82, 2.24) is 9.55 Å². The van der Waals surface area contributed by atoms with Crippen molar-refractivity contribution in [3.8, 4) is 0 Å². The van der Waals surface area contributed by atoms with E-state index in [1.165, 1.54) is 12.3 Å². The molecule has 0 N–H and O–H groups in total. The first-order valence-corrected chi connectivity index (χ1v) is 4.52. The molecule has 0 aromatic carbocycles. The summed E-state index contributed by atoms with van der Waals surface area (Å²) in [5.74, 6) is -0.286. The van der Waals surface area contributed by atoms with Crippen molar-refractivity contribution < 1.29 is 4.39 Å². The van der Waals surface area contributed by atoms with Crippen molar-refractivity contribution in [2.75, 3.05) is 0 Å². The SMILES string of the molecule is Cn1cc(I)c2cc(F)cnc21. The largest absolute Gasteiger partial charge is 0.334 e. The molecular weight excluding hydrogens is 270 g/mol. The lowest BCUT2D eigenvalue weighted by molar-refractivity contribution is 0.623. The number of hydrogen-bond acceptors (Lipinski definition) is 1. The number of pyridine rings is 1. The van der Waals surface area contributed by atoms with Gasteiger partial charge in [0, 0.05) is 22.2 Å². The van der Waals surface area contributed by atoms with Crippen LogP contribution < -0.4 is 0 Å². The van der Waals surface area contributed by atoms with E-state index in [1.54, 1.807) is 0 Å². The van der Waals surface area contributed by atoms with Gasteiger partial charge >= 0.3 is 0 Å². The van der Waals surface area contributed by atoms with Gasteiger partial charge in [0.1, 0.15) is 11.5 Å². The van der Waals surface area contributed by atoms with E-state index in [2.05, 4.69) is 27.6 Å². The molecule has 0 amide bonds. The van der Waals surface area contributed by atoms with Crippen LogP contribution in [0.5, 0.6) is 0 Å². The topological polar surface area (TPSA) is 17.8 Å². The average Bonchev–Trinajstić information content (AvgIpc) is 2.28. The first-order chi connectivity index (χ1) is 5.68. The van der Waals surface area contributed by atoms with Gasteiger partial charge in [0.2, 0.25) is 0 Å². The van der Waals surface area contributed by atoms with Crippen LogP contribution in [0.3, 0.4) is 0 Å². The van der Waals surface area contributed by atoms with Crippen LogP contribution in [-0.4, -0.2) is 9.55 Å². The maximum atomic E-state index is 12.8. The number of hydrogen-bond donors (Lipinski definition) is 0. The predicted molar refractivity (Wildman–Crippen MR) is 53.4 cm³/mol. The van der Waals surface area contributed by atoms with E-state index in [-0.39, 0.29) is 5.82 Å². The van der Waals surface area contributed by atoms with E-state index in [4.69, 9.17) is 0 Å². The summed E-state index contributed by atoms with van der Waals surface area (Å²) in [5, 5.41) is 0.873. The monoisotopic (exact) mass is 276 g/mol. The van der Waals surface area contributed by atoms with E-state index in [1.807, 2.05) is 17.8 Å². The van der Waals surface area contributed by atoms with Crippen LogP contribution in [0.15, 0.2) is 18.5 Å². The Morgan fingerprint density at radius 3 is 3.08 bits per heavy atom. The Kier molecular flexibility index (Phi) is 1.79. The normalized spacial score (nSPS) is 10.9. The van der Waals surface area contributed by atoms with Crippen molar-refractivity contribution in [2.45, 2.75) is 0 Å². The molecule has 0 aliphatic carbocycles. The van der Waals surface area contributed by atoms with Gasteiger partial charge in [-0.1, -0.05) is 0 Å². The fourth-order valence-electron chi connectivity index (χ4n) is 1.19. The molecule has 0 saturated carbocycles. The van der Waals surface area contributed by atoms with Crippen molar-refractivity contribution in [3.05, 3.63) is 27.8 Å². The van der Waals surface area contributed by atoms with Gasteiger partial charge in [-0.15, -0.1) is 0 Å². The lowest BCUT2D eigenvalue weighted by Gasteiger charge is -1.93. The van der Waals surface area contributed by atoms with Gasteiger partial charge in [-0.25, -0.2) is 9.37 Å². The number of rotatable bonds is 0. The predicted octanol–water partition coefficient (Wildman–Crippen LogP) is 2.32. The summed E-state index contributed by atoms with van der Waals surface area (Å²) in [6.45, 7) is 0. The summed E-state index contributed by atoms with van der Waals surface area (Å²) >= 11 is 2.17. The Hall–Kier alpha value is -0.650. The highest BCUT2D eigenvalue weighted by Crippen LogP contribution is 2.20. The molecule has 2 nitrogen and oxygen atoms in total. The summed E-state index contributed by atoms with van der Waals surface area (Å²) in [6, 6.07) is 1.50. The summed E-state index contributed by atoms with van der Waals surface area (Å²) in [4.78, 5) is 3.98. The highest BCUT2D eigenvalue weighted by molar-refractivity contribution is 14.1. The minimum Gasteiger partial charge on any atom is -0.334 e. The van der Waals surface area contributed by atoms with Gasteiger partial charge in [0.25, 0.3) is 0 Å². The lowest BCUT2D eigenvalue weighted by atomic mass is 10.3. The first-order valence-electron chi connectivity index (χ1n) is 3.44. The molecule has 2 heterocycles. The molecule has 0 aliphatic heterocycles. The summed E-state index contributed by atoms with van der Waals surface area (Å²) in [6.07, 6.45) is 3.16. The lowest BCUT2D eigenvalue weighted by Crippen LogP contribution is -1.87. The zero-order chi connectivity index (χ0) is 8.72. The molecule has 12 heavy (non-hydrogen) atoms. The molecule has 0 unspecified atom stereocenters. The molecular formula is C8H6FIN2. The van der Waals surface area contributed by atoms with Crippen molar-refractivity contribution in [2.24, 2.45) is 7.05 Å². The molecule has 0 bridgehead atoms. The maximum absolute atomic E-state index is 12.8. The zero-order valence-electron chi connectivity index (χ0n) is 6.38. The van der Waals surface area contributed by atoms with Gasteiger partial charge in [-0.2, -0.15) is 0 Å².